The van der Waals surface area contributed by atoms with E-state index in [1.165, 1.54) is 4.31 Å². The smallest absolute Gasteiger partial charge is 0.217 e. The van der Waals surface area contributed by atoms with Crippen molar-refractivity contribution in [3.8, 4) is 0 Å². The Morgan fingerprint density at radius 1 is 1.05 bits per heavy atom. The monoisotopic (exact) mass is 340 g/mol. The molecular formula is C12H24N2O5S2. The summed E-state index contributed by atoms with van der Waals surface area (Å²) in [5.41, 5.74) is 0. The molecule has 0 amide bonds. The average Bonchev–Trinajstić information content (AvgIpc) is 2.65. The van der Waals surface area contributed by atoms with E-state index in [2.05, 4.69) is 4.90 Å². The number of sulfone groups is 1. The molecule has 9 heteroatoms. The Bertz CT molecular complexity index is 532. The van der Waals surface area contributed by atoms with Gasteiger partial charge in [-0.25, -0.2) is 21.1 Å². The molecule has 1 N–H and O–H groups in total. The van der Waals surface area contributed by atoms with E-state index >= 15 is 0 Å². The largest absolute Gasteiger partial charge is 0.395 e. The van der Waals surface area contributed by atoms with Gasteiger partial charge < -0.3 is 5.11 Å². The minimum Gasteiger partial charge on any atom is -0.395 e. The van der Waals surface area contributed by atoms with Crippen LogP contribution in [0.2, 0.25) is 0 Å². The highest BCUT2D eigenvalue weighted by Crippen LogP contribution is 2.23. The van der Waals surface area contributed by atoms with Gasteiger partial charge in [0, 0.05) is 26.2 Å². The fourth-order valence-electron chi connectivity index (χ4n) is 2.94. The van der Waals surface area contributed by atoms with Gasteiger partial charge in [-0.15, -0.1) is 0 Å². The van der Waals surface area contributed by atoms with Crippen LogP contribution in [-0.2, 0) is 19.9 Å². The zero-order chi connectivity index (χ0) is 15.5. The first-order chi connectivity index (χ1) is 9.85. The number of hydrogen-bond donors (Lipinski definition) is 1. The van der Waals surface area contributed by atoms with Gasteiger partial charge in [-0.3, -0.25) is 4.90 Å². The number of β-amino-alcohol motifs (C(OH)–C–C–N with tert-alkyl or cyclic N) is 1. The number of hydrogen-bond acceptors (Lipinski definition) is 6. The van der Waals surface area contributed by atoms with Gasteiger partial charge in [0.15, 0.2) is 0 Å². The van der Waals surface area contributed by atoms with Crippen molar-refractivity contribution in [2.45, 2.75) is 24.5 Å². The molecule has 0 bridgehead atoms. The van der Waals surface area contributed by atoms with Gasteiger partial charge in [0.2, 0.25) is 10.0 Å². The molecule has 0 aromatic heterocycles. The third-order valence-corrected chi connectivity index (χ3v) is 8.36. The molecule has 0 aromatic carbocycles. The topological polar surface area (TPSA) is 95.0 Å². The summed E-state index contributed by atoms with van der Waals surface area (Å²) in [6.45, 7) is 2.94. The molecule has 2 heterocycles. The molecule has 124 valence electrons. The van der Waals surface area contributed by atoms with Gasteiger partial charge in [-0.05, 0) is 25.8 Å². The number of sulfonamides is 1. The van der Waals surface area contributed by atoms with Gasteiger partial charge in [0.1, 0.15) is 9.84 Å². The zero-order valence-electron chi connectivity index (χ0n) is 12.1. The van der Waals surface area contributed by atoms with Crippen LogP contribution >= 0.6 is 0 Å². The lowest BCUT2D eigenvalue weighted by molar-refractivity contribution is 0.202. The maximum absolute atomic E-state index is 12.6. The van der Waals surface area contributed by atoms with Crippen LogP contribution in [0.25, 0.3) is 0 Å². The Morgan fingerprint density at radius 2 is 1.71 bits per heavy atom. The highest BCUT2D eigenvalue weighted by atomic mass is 32.2. The summed E-state index contributed by atoms with van der Waals surface area (Å²) < 4.78 is 49.6. The van der Waals surface area contributed by atoms with Crippen LogP contribution in [0.1, 0.15) is 19.3 Å². The van der Waals surface area contributed by atoms with Gasteiger partial charge in [0.25, 0.3) is 0 Å². The zero-order valence-corrected chi connectivity index (χ0v) is 13.8. The number of rotatable bonds is 4. The predicted octanol–water partition coefficient (Wildman–Crippen LogP) is -1.11. The molecule has 0 atom stereocenters. The molecule has 2 fully saturated rings. The van der Waals surface area contributed by atoms with E-state index in [1.807, 2.05) is 0 Å². The summed E-state index contributed by atoms with van der Waals surface area (Å²) in [5.74, 6) is -0.0528. The first-order valence-electron chi connectivity index (χ1n) is 7.38. The van der Waals surface area contributed by atoms with E-state index in [-0.39, 0.29) is 31.0 Å². The third kappa shape index (κ3) is 4.38. The summed E-state index contributed by atoms with van der Waals surface area (Å²) in [5, 5.41) is 8.39. The lowest BCUT2D eigenvalue weighted by Crippen LogP contribution is -2.44. The third-order valence-electron chi connectivity index (χ3n) is 4.25. The molecule has 0 saturated carbocycles. The van der Waals surface area contributed by atoms with Gasteiger partial charge >= 0.3 is 0 Å². The first kappa shape index (κ1) is 17.1. The molecule has 2 aliphatic rings. The second-order valence-corrected chi connectivity index (χ2v) is 10.2. The maximum Gasteiger partial charge on any atom is 0.217 e. The average molecular weight is 340 g/mol. The predicted molar refractivity (Wildman–Crippen MR) is 80.3 cm³/mol. The number of aliphatic hydroxyl groups excluding tert-OH is 1. The van der Waals surface area contributed by atoms with Crippen LogP contribution in [-0.4, -0.2) is 87.2 Å². The lowest BCUT2D eigenvalue weighted by Gasteiger charge is -2.28. The molecule has 0 aliphatic carbocycles. The highest BCUT2D eigenvalue weighted by Gasteiger charge is 2.37. The second kappa shape index (κ2) is 6.91. The van der Waals surface area contributed by atoms with Crippen LogP contribution in [0.4, 0.5) is 0 Å². The molecule has 21 heavy (non-hydrogen) atoms. The SMILES string of the molecule is O=S1(=O)CCC(S(=O)(=O)N2CCCN(CCO)CC2)CC1. The summed E-state index contributed by atoms with van der Waals surface area (Å²) in [6, 6.07) is 0. The van der Waals surface area contributed by atoms with Crippen molar-refractivity contribution in [3.63, 3.8) is 0 Å². The fourth-order valence-corrected chi connectivity index (χ4v) is 6.71. The molecule has 7 nitrogen and oxygen atoms in total. The Balaban J connectivity index is 1.99. The molecule has 0 radical (unpaired) electrons. The van der Waals surface area contributed by atoms with Gasteiger partial charge in [0.05, 0.1) is 23.4 Å². The van der Waals surface area contributed by atoms with Gasteiger partial charge in [-0.2, -0.15) is 0 Å². The summed E-state index contributed by atoms with van der Waals surface area (Å²) in [4.78, 5) is 2.06. The van der Waals surface area contributed by atoms with Crippen molar-refractivity contribution in [1.82, 2.24) is 9.21 Å². The maximum atomic E-state index is 12.6. The Hall–Kier alpha value is -0.220. The van der Waals surface area contributed by atoms with Crippen molar-refractivity contribution >= 4 is 19.9 Å². The molecule has 0 unspecified atom stereocenters. The van der Waals surface area contributed by atoms with Crippen molar-refractivity contribution in [2.24, 2.45) is 0 Å². The van der Waals surface area contributed by atoms with E-state index in [1.54, 1.807) is 0 Å². The molecule has 2 saturated heterocycles. The van der Waals surface area contributed by atoms with Gasteiger partial charge in [-0.1, -0.05) is 0 Å². The van der Waals surface area contributed by atoms with Crippen LogP contribution in [0.5, 0.6) is 0 Å². The summed E-state index contributed by atoms with van der Waals surface area (Å²) in [6.07, 6.45) is 1.16. The second-order valence-electron chi connectivity index (χ2n) is 5.71. The van der Waals surface area contributed by atoms with Crippen molar-refractivity contribution in [2.75, 3.05) is 50.8 Å². The summed E-state index contributed by atoms with van der Waals surface area (Å²) >= 11 is 0. The normalized spacial score (nSPS) is 26.5. The molecule has 0 aromatic rings. The minimum absolute atomic E-state index is 0.0264. The van der Waals surface area contributed by atoms with Crippen molar-refractivity contribution < 1.29 is 21.9 Å². The Kier molecular flexibility index (Phi) is 5.64. The fraction of sp³-hybridized carbons (Fsp3) is 1.00. The number of nitrogens with zero attached hydrogens (tertiary/aromatic N) is 2. The lowest BCUT2D eigenvalue weighted by atomic mass is 10.2. The standard InChI is InChI=1S/C12H24N2O5S2/c15-9-8-13-4-1-5-14(7-6-13)21(18,19)12-2-10-20(16,17)11-3-12/h12,15H,1-11H2. The van der Waals surface area contributed by atoms with E-state index in [4.69, 9.17) is 5.11 Å². The molecule has 2 aliphatic heterocycles. The van der Waals surface area contributed by atoms with Crippen LogP contribution < -0.4 is 0 Å². The van der Waals surface area contributed by atoms with Crippen LogP contribution in [0.15, 0.2) is 0 Å². The summed E-state index contributed by atoms with van der Waals surface area (Å²) in [7, 11) is -6.47. The minimum atomic E-state index is -3.42. The quantitative estimate of drug-likeness (QED) is 0.698. The molecule has 0 spiro atoms. The van der Waals surface area contributed by atoms with Crippen molar-refractivity contribution in [3.05, 3.63) is 0 Å². The molecule has 2 rings (SSSR count). The number of aliphatic hydroxyl groups is 1. The Labute approximate surface area is 126 Å². The Morgan fingerprint density at radius 3 is 2.33 bits per heavy atom. The van der Waals surface area contributed by atoms with E-state index in [9.17, 15) is 16.8 Å². The van der Waals surface area contributed by atoms with E-state index < -0.39 is 25.1 Å². The van der Waals surface area contributed by atoms with Crippen LogP contribution in [0, 0.1) is 0 Å². The first-order valence-corrected chi connectivity index (χ1v) is 10.7. The molecular weight excluding hydrogens is 316 g/mol. The van der Waals surface area contributed by atoms with E-state index in [0.29, 0.717) is 26.2 Å². The van der Waals surface area contributed by atoms with Crippen LogP contribution in [0.3, 0.4) is 0 Å². The highest BCUT2D eigenvalue weighted by molar-refractivity contribution is 7.92. The van der Waals surface area contributed by atoms with Crippen molar-refractivity contribution in [1.29, 1.82) is 0 Å². The van der Waals surface area contributed by atoms with E-state index in [0.717, 1.165) is 13.0 Å².